The van der Waals surface area contributed by atoms with Crippen molar-refractivity contribution >= 4 is 33.3 Å². The van der Waals surface area contributed by atoms with Crippen molar-refractivity contribution in [2.45, 2.75) is 0 Å². The van der Waals surface area contributed by atoms with E-state index in [9.17, 15) is 10.1 Å². The second-order valence-electron chi connectivity index (χ2n) is 1.77. The predicted molar refractivity (Wildman–Crippen MR) is 48.0 cm³/mol. The van der Waals surface area contributed by atoms with Crippen LogP contribution in [0.5, 0.6) is 0 Å². The Bertz CT molecular complexity index is 295. The van der Waals surface area contributed by atoms with Gasteiger partial charge in [-0.25, -0.2) is 0 Å². The lowest BCUT2D eigenvalue weighted by molar-refractivity contribution is -0.400. The number of hydrogen-bond donors (Lipinski definition) is 0. The molecule has 0 radical (unpaired) electrons. The molecule has 0 aliphatic rings. The molecule has 5 heteroatoms. The fourth-order valence-electron chi connectivity index (χ4n) is 0.550. The molecule has 0 bridgehead atoms. The molecule has 1 aromatic rings. The zero-order chi connectivity index (χ0) is 8.27. The second-order valence-corrected chi connectivity index (χ2v) is 3.63. The van der Waals surface area contributed by atoms with Gasteiger partial charge in [0.05, 0.1) is 4.92 Å². The molecule has 11 heavy (non-hydrogen) atoms. The van der Waals surface area contributed by atoms with Gasteiger partial charge in [-0.2, -0.15) is 0 Å². The number of hydrogen-bond acceptors (Lipinski definition) is 3. The molecule has 0 aliphatic heterocycles. The smallest absolute Gasteiger partial charge is 0.235 e. The van der Waals surface area contributed by atoms with Crippen LogP contribution in [-0.2, 0) is 0 Å². The molecule has 0 fully saturated rings. The monoisotopic (exact) mass is 233 g/mol. The largest absolute Gasteiger partial charge is 0.259 e. The molecule has 0 aromatic carbocycles. The number of halogens is 1. The van der Waals surface area contributed by atoms with E-state index < -0.39 is 4.92 Å². The molecule has 0 saturated heterocycles. The summed E-state index contributed by atoms with van der Waals surface area (Å²) in [4.78, 5) is 10.3. The van der Waals surface area contributed by atoms with Gasteiger partial charge in [0.15, 0.2) is 0 Å². The third kappa shape index (κ3) is 2.81. The highest BCUT2D eigenvalue weighted by atomic mass is 79.9. The summed E-state index contributed by atoms with van der Waals surface area (Å²) in [5.41, 5.74) is 0. The number of nitro groups is 1. The van der Waals surface area contributed by atoms with Crippen molar-refractivity contribution < 1.29 is 4.92 Å². The lowest BCUT2D eigenvalue weighted by Gasteiger charge is -1.77. The zero-order valence-electron chi connectivity index (χ0n) is 5.36. The quantitative estimate of drug-likeness (QED) is 0.583. The molecule has 0 saturated carbocycles. The van der Waals surface area contributed by atoms with E-state index in [2.05, 4.69) is 15.9 Å². The van der Waals surface area contributed by atoms with Crippen LogP contribution in [0.2, 0.25) is 0 Å². The SMILES string of the molecule is O=[N+]([O-])/C=C/c1cc(Br)cs1. The Morgan fingerprint density at radius 1 is 1.73 bits per heavy atom. The molecular formula is C6H4BrNO2S. The maximum Gasteiger partial charge on any atom is 0.235 e. The molecule has 0 atom stereocenters. The Morgan fingerprint density at radius 3 is 2.91 bits per heavy atom. The van der Waals surface area contributed by atoms with Crippen molar-refractivity contribution in [2.75, 3.05) is 0 Å². The topological polar surface area (TPSA) is 43.1 Å². The first-order chi connectivity index (χ1) is 5.18. The lowest BCUT2D eigenvalue weighted by atomic mass is 10.4. The van der Waals surface area contributed by atoms with E-state index >= 15 is 0 Å². The van der Waals surface area contributed by atoms with Crippen LogP contribution >= 0.6 is 27.3 Å². The minimum Gasteiger partial charge on any atom is -0.259 e. The van der Waals surface area contributed by atoms with Crippen molar-refractivity contribution in [3.8, 4) is 0 Å². The average Bonchev–Trinajstić information content (AvgIpc) is 2.31. The van der Waals surface area contributed by atoms with E-state index in [1.807, 2.05) is 11.4 Å². The number of nitrogens with zero attached hydrogens (tertiary/aromatic N) is 1. The van der Waals surface area contributed by atoms with Gasteiger partial charge in [-0.1, -0.05) is 0 Å². The van der Waals surface area contributed by atoms with Crippen molar-refractivity contribution in [1.82, 2.24) is 0 Å². The molecule has 58 valence electrons. The molecule has 0 spiro atoms. The second kappa shape index (κ2) is 3.64. The maximum atomic E-state index is 9.89. The lowest BCUT2D eigenvalue weighted by Crippen LogP contribution is -1.80. The maximum absolute atomic E-state index is 9.89. The Morgan fingerprint density at radius 2 is 2.45 bits per heavy atom. The van der Waals surface area contributed by atoms with Crippen LogP contribution in [-0.4, -0.2) is 4.92 Å². The molecule has 1 heterocycles. The van der Waals surface area contributed by atoms with Crippen molar-refractivity contribution in [3.05, 3.63) is 37.1 Å². The zero-order valence-corrected chi connectivity index (χ0v) is 7.76. The molecule has 1 rings (SSSR count). The highest BCUT2D eigenvalue weighted by Gasteiger charge is 1.93. The normalized spacial score (nSPS) is 10.6. The molecule has 3 nitrogen and oxygen atoms in total. The summed E-state index contributed by atoms with van der Waals surface area (Å²) in [6.07, 6.45) is 2.40. The standard InChI is InChI=1S/C6H4BrNO2S/c7-5-3-6(11-4-5)1-2-8(9)10/h1-4H/b2-1+. The molecule has 0 unspecified atom stereocenters. The molecule has 0 amide bonds. The van der Waals surface area contributed by atoms with E-state index in [-0.39, 0.29) is 0 Å². The summed E-state index contributed by atoms with van der Waals surface area (Å²) in [7, 11) is 0. The van der Waals surface area contributed by atoms with Crippen molar-refractivity contribution in [1.29, 1.82) is 0 Å². The van der Waals surface area contributed by atoms with Gasteiger partial charge in [0.25, 0.3) is 0 Å². The third-order valence-electron chi connectivity index (χ3n) is 0.948. The molecule has 0 aliphatic carbocycles. The van der Waals surface area contributed by atoms with Crippen LogP contribution < -0.4 is 0 Å². The van der Waals surface area contributed by atoms with Gasteiger partial charge in [0.2, 0.25) is 6.20 Å². The van der Waals surface area contributed by atoms with E-state index in [1.165, 1.54) is 17.4 Å². The van der Waals surface area contributed by atoms with Crippen LogP contribution in [0.4, 0.5) is 0 Å². The first-order valence-electron chi connectivity index (χ1n) is 2.74. The molecule has 1 aromatic heterocycles. The predicted octanol–water partition coefficient (Wildman–Crippen LogP) is 2.76. The summed E-state index contributed by atoms with van der Waals surface area (Å²) in [6, 6.07) is 1.82. The van der Waals surface area contributed by atoms with E-state index in [0.29, 0.717) is 0 Å². The minimum atomic E-state index is -0.479. The Balaban J connectivity index is 2.71. The highest BCUT2D eigenvalue weighted by molar-refractivity contribution is 9.10. The summed E-state index contributed by atoms with van der Waals surface area (Å²) in [6.45, 7) is 0. The highest BCUT2D eigenvalue weighted by Crippen LogP contribution is 2.20. The Hall–Kier alpha value is -0.680. The van der Waals surface area contributed by atoms with Gasteiger partial charge < -0.3 is 0 Å². The minimum absolute atomic E-state index is 0.479. The van der Waals surface area contributed by atoms with Gasteiger partial charge >= 0.3 is 0 Å². The van der Waals surface area contributed by atoms with Gasteiger partial charge in [-0.15, -0.1) is 11.3 Å². The summed E-state index contributed by atoms with van der Waals surface area (Å²) in [5.74, 6) is 0. The van der Waals surface area contributed by atoms with Crippen LogP contribution in [0.15, 0.2) is 22.1 Å². The Kier molecular flexibility index (Phi) is 2.78. The fourth-order valence-corrected chi connectivity index (χ4v) is 1.88. The molecular weight excluding hydrogens is 230 g/mol. The van der Waals surface area contributed by atoms with Crippen molar-refractivity contribution in [3.63, 3.8) is 0 Å². The van der Waals surface area contributed by atoms with Crippen LogP contribution in [0, 0.1) is 10.1 Å². The van der Waals surface area contributed by atoms with Crippen LogP contribution in [0.1, 0.15) is 4.88 Å². The average molecular weight is 234 g/mol. The first kappa shape index (κ1) is 8.42. The fraction of sp³-hybridized carbons (Fsp3) is 0. The Labute approximate surface area is 75.6 Å². The van der Waals surface area contributed by atoms with Gasteiger partial charge in [0.1, 0.15) is 0 Å². The summed E-state index contributed by atoms with van der Waals surface area (Å²) >= 11 is 4.70. The van der Waals surface area contributed by atoms with Gasteiger partial charge in [-0.05, 0) is 22.0 Å². The van der Waals surface area contributed by atoms with Crippen LogP contribution in [0.25, 0.3) is 6.08 Å². The van der Waals surface area contributed by atoms with Gasteiger partial charge in [-0.3, -0.25) is 10.1 Å². The summed E-state index contributed by atoms with van der Waals surface area (Å²) < 4.78 is 0.950. The van der Waals surface area contributed by atoms with Gasteiger partial charge in [0, 0.05) is 20.8 Å². The van der Waals surface area contributed by atoms with Crippen LogP contribution in [0.3, 0.4) is 0 Å². The third-order valence-corrected chi connectivity index (χ3v) is 2.61. The summed E-state index contributed by atoms with van der Waals surface area (Å²) in [5, 5.41) is 11.8. The van der Waals surface area contributed by atoms with E-state index in [0.717, 1.165) is 15.5 Å². The number of thiophene rings is 1. The number of rotatable bonds is 2. The van der Waals surface area contributed by atoms with Crippen molar-refractivity contribution in [2.24, 2.45) is 0 Å². The van der Waals surface area contributed by atoms with E-state index in [4.69, 9.17) is 0 Å². The first-order valence-corrected chi connectivity index (χ1v) is 4.41. The molecule has 0 N–H and O–H groups in total. The van der Waals surface area contributed by atoms with E-state index in [1.54, 1.807) is 0 Å².